The van der Waals surface area contributed by atoms with Crippen LogP contribution in [0.5, 0.6) is 5.75 Å². The molecule has 128 valence electrons. The number of rotatable bonds is 7. The highest BCUT2D eigenvalue weighted by atomic mass is 16.5. The van der Waals surface area contributed by atoms with Crippen molar-refractivity contribution >= 4 is 5.97 Å². The summed E-state index contributed by atoms with van der Waals surface area (Å²) < 4.78 is 10.7. The van der Waals surface area contributed by atoms with E-state index < -0.39 is 5.41 Å². The molecule has 0 atom stereocenters. The average molecular weight is 326 g/mol. The van der Waals surface area contributed by atoms with Crippen molar-refractivity contribution in [1.29, 1.82) is 0 Å². The highest BCUT2D eigenvalue weighted by molar-refractivity contribution is 5.75. The summed E-state index contributed by atoms with van der Waals surface area (Å²) in [6.07, 6.45) is 1.54. The van der Waals surface area contributed by atoms with Crippen LogP contribution >= 0.6 is 0 Å². The zero-order valence-electron chi connectivity index (χ0n) is 15.0. The lowest BCUT2D eigenvalue weighted by Crippen LogP contribution is -2.26. The normalized spacial score (nSPS) is 11.2. The summed E-state index contributed by atoms with van der Waals surface area (Å²) in [5, 5.41) is 0. The second-order valence-electron chi connectivity index (χ2n) is 6.72. The van der Waals surface area contributed by atoms with Crippen molar-refractivity contribution in [2.75, 3.05) is 13.7 Å². The molecule has 0 fully saturated rings. The molecule has 0 saturated heterocycles. The fraction of sp³-hybridized carbons (Fsp3) is 0.381. The second-order valence-corrected chi connectivity index (χ2v) is 6.72. The van der Waals surface area contributed by atoms with Crippen LogP contribution in [-0.2, 0) is 9.53 Å². The molecule has 0 aliphatic heterocycles. The lowest BCUT2D eigenvalue weighted by atomic mass is 9.88. The quantitative estimate of drug-likeness (QED) is 0.529. The number of esters is 1. The maximum Gasteiger partial charge on any atom is 0.311 e. The highest BCUT2D eigenvalue weighted by Crippen LogP contribution is 2.26. The molecule has 0 aromatic heterocycles. The van der Waals surface area contributed by atoms with Gasteiger partial charge in [-0.2, -0.15) is 0 Å². The predicted octanol–water partition coefficient (Wildman–Crippen LogP) is 5.02. The Balaban J connectivity index is 1.91. The second kappa shape index (κ2) is 8.00. The molecule has 0 amide bonds. The minimum atomic E-state index is -0.470. The first kappa shape index (κ1) is 18.1. The van der Waals surface area contributed by atoms with Crippen molar-refractivity contribution in [3.63, 3.8) is 0 Å². The van der Waals surface area contributed by atoms with E-state index in [4.69, 9.17) is 9.47 Å². The van der Waals surface area contributed by atoms with Crippen LogP contribution in [0.15, 0.2) is 48.5 Å². The Morgan fingerprint density at radius 1 is 1.04 bits per heavy atom. The van der Waals surface area contributed by atoms with E-state index in [1.165, 1.54) is 18.2 Å². The fourth-order valence-corrected chi connectivity index (χ4v) is 2.59. The molecule has 0 aliphatic rings. The van der Waals surface area contributed by atoms with Crippen molar-refractivity contribution in [2.24, 2.45) is 5.41 Å². The SMILES string of the molecule is COC(=O)C(C)(C)CCCOc1cccc(-c2ccc(C)cc2)c1. The van der Waals surface area contributed by atoms with E-state index in [9.17, 15) is 4.79 Å². The number of hydrogen-bond acceptors (Lipinski definition) is 3. The molecule has 2 aromatic carbocycles. The van der Waals surface area contributed by atoms with Gasteiger partial charge in [0.1, 0.15) is 5.75 Å². The summed E-state index contributed by atoms with van der Waals surface area (Å²) in [5.41, 5.74) is 3.10. The molecule has 2 aromatic rings. The molecular weight excluding hydrogens is 300 g/mol. The van der Waals surface area contributed by atoms with Crippen molar-refractivity contribution in [3.05, 3.63) is 54.1 Å². The van der Waals surface area contributed by atoms with Gasteiger partial charge >= 0.3 is 5.97 Å². The smallest absolute Gasteiger partial charge is 0.311 e. The van der Waals surface area contributed by atoms with E-state index in [1.54, 1.807) is 0 Å². The number of ether oxygens (including phenoxy) is 2. The van der Waals surface area contributed by atoms with Gasteiger partial charge in [-0.25, -0.2) is 0 Å². The van der Waals surface area contributed by atoms with E-state index in [-0.39, 0.29) is 5.97 Å². The molecule has 0 radical (unpaired) electrons. The lowest BCUT2D eigenvalue weighted by molar-refractivity contribution is -0.151. The minimum Gasteiger partial charge on any atom is -0.494 e. The van der Waals surface area contributed by atoms with Crippen LogP contribution in [0.4, 0.5) is 0 Å². The monoisotopic (exact) mass is 326 g/mol. The molecule has 0 spiro atoms. The molecule has 0 unspecified atom stereocenters. The van der Waals surface area contributed by atoms with Crippen LogP contribution in [0.3, 0.4) is 0 Å². The van der Waals surface area contributed by atoms with Crippen molar-refractivity contribution < 1.29 is 14.3 Å². The van der Waals surface area contributed by atoms with Crippen LogP contribution in [0.1, 0.15) is 32.3 Å². The van der Waals surface area contributed by atoms with Gasteiger partial charge in [0.2, 0.25) is 0 Å². The Labute approximate surface area is 144 Å². The Kier molecular flexibility index (Phi) is 6.02. The van der Waals surface area contributed by atoms with Gasteiger partial charge < -0.3 is 9.47 Å². The van der Waals surface area contributed by atoms with E-state index >= 15 is 0 Å². The summed E-state index contributed by atoms with van der Waals surface area (Å²) in [4.78, 5) is 11.7. The summed E-state index contributed by atoms with van der Waals surface area (Å²) in [6, 6.07) is 16.6. The van der Waals surface area contributed by atoms with Gasteiger partial charge in [0, 0.05) is 0 Å². The van der Waals surface area contributed by atoms with Crippen LogP contribution < -0.4 is 4.74 Å². The summed E-state index contributed by atoms with van der Waals surface area (Å²) in [7, 11) is 1.43. The molecule has 2 rings (SSSR count). The molecule has 0 saturated carbocycles. The van der Waals surface area contributed by atoms with Gasteiger partial charge in [0.25, 0.3) is 0 Å². The maximum absolute atomic E-state index is 11.7. The summed E-state index contributed by atoms with van der Waals surface area (Å²) >= 11 is 0. The first-order chi connectivity index (χ1) is 11.4. The van der Waals surface area contributed by atoms with Gasteiger partial charge in [-0.05, 0) is 56.9 Å². The van der Waals surface area contributed by atoms with Crippen LogP contribution in [-0.4, -0.2) is 19.7 Å². The van der Waals surface area contributed by atoms with E-state index in [2.05, 4.69) is 43.3 Å². The van der Waals surface area contributed by atoms with Crippen molar-refractivity contribution in [1.82, 2.24) is 0 Å². The van der Waals surface area contributed by atoms with Crippen LogP contribution in [0.2, 0.25) is 0 Å². The minimum absolute atomic E-state index is 0.177. The maximum atomic E-state index is 11.7. The average Bonchev–Trinajstić information content (AvgIpc) is 2.59. The fourth-order valence-electron chi connectivity index (χ4n) is 2.59. The van der Waals surface area contributed by atoms with E-state index in [1.807, 2.05) is 26.0 Å². The number of benzene rings is 2. The topological polar surface area (TPSA) is 35.5 Å². The molecule has 0 N–H and O–H groups in total. The Hall–Kier alpha value is -2.29. The zero-order valence-corrected chi connectivity index (χ0v) is 15.0. The number of methoxy groups -OCH3 is 1. The standard InChI is InChI=1S/C21H26O3/c1-16-9-11-17(12-10-16)18-7-5-8-19(15-18)24-14-6-13-21(2,3)20(22)23-4/h5,7-12,15H,6,13-14H2,1-4H3. The first-order valence-electron chi connectivity index (χ1n) is 8.31. The van der Waals surface area contributed by atoms with Crippen molar-refractivity contribution in [3.8, 4) is 16.9 Å². The Morgan fingerprint density at radius 2 is 1.75 bits per heavy atom. The predicted molar refractivity (Wildman–Crippen MR) is 97.1 cm³/mol. The molecule has 24 heavy (non-hydrogen) atoms. The third-order valence-corrected chi connectivity index (χ3v) is 4.17. The Bertz CT molecular complexity index is 672. The van der Waals surface area contributed by atoms with E-state index in [0.29, 0.717) is 6.61 Å². The summed E-state index contributed by atoms with van der Waals surface area (Å²) in [6.45, 7) is 6.46. The third kappa shape index (κ3) is 4.85. The molecule has 0 aliphatic carbocycles. The summed E-state index contributed by atoms with van der Waals surface area (Å²) in [5.74, 6) is 0.674. The molecule has 0 bridgehead atoms. The van der Waals surface area contributed by atoms with Gasteiger partial charge in [0.05, 0.1) is 19.1 Å². The van der Waals surface area contributed by atoms with E-state index in [0.717, 1.165) is 24.2 Å². The molecule has 0 heterocycles. The van der Waals surface area contributed by atoms with Gasteiger partial charge in [-0.15, -0.1) is 0 Å². The van der Waals surface area contributed by atoms with Gasteiger partial charge in [-0.1, -0.05) is 42.0 Å². The van der Waals surface area contributed by atoms with Gasteiger partial charge in [0.15, 0.2) is 0 Å². The van der Waals surface area contributed by atoms with Crippen LogP contribution in [0.25, 0.3) is 11.1 Å². The number of carbonyl (C=O) groups excluding carboxylic acids is 1. The lowest BCUT2D eigenvalue weighted by Gasteiger charge is -2.21. The number of hydrogen-bond donors (Lipinski definition) is 0. The highest BCUT2D eigenvalue weighted by Gasteiger charge is 2.27. The molecule has 3 heteroatoms. The molecule has 3 nitrogen and oxygen atoms in total. The Morgan fingerprint density at radius 3 is 2.42 bits per heavy atom. The third-order valence-electron chi connectivity index (χ3n) is 4.17. The molecular formula is C21H26O3. The van der Waals surface area contributed by atoms with Crippen LogP contribution in [0, 0.1) is 12.3 Å². The largest absolute Gasteiger partial charge is 0.494 e. The number of aryl methyl sites for hydroxylation is 1. The van der Waals surface area contributed by atoms with Crippen molar-refractivity contribution in [2.45, 2.75) is 33.6 Å². The van der Waals surface area contributed by atoms with Gasteiger partial charge in [-0.3, -0.25) is 4.79 Å². The first-order valence-corrected chi connectivity index (χ1v) is 8.31. The zero-order chi connectivity index (χ0) is 17.6. The number of carbonyl (C=O) groups is 1.